The van der Waals surface area contributed by atoms with Gasteiger partial charge in [0.1, 0.15) is 0 Å². The third kappa shape index (κ3) is 4.36. The van der Waals surface area contributed by atoms with Crippen molar-refractivity contribution in [3.05, 3.63) is 107 Å². The van der Waals surface area contributed by atoms with Crippen LogP contribution in [0.15, 0.2) is 84.9 Å². The van der Waals surface area contributed by atoms with Gasteiger partial charge < -0.3 is 5.73 Å². The molecule has 1 amide bonds. The summed E-state index contributed by atoms with van der Waals surface area (Å²) >= 11 is 6.05. The highest BCUT2D eigenvalue weighted by atomic mass is 35.5. The predicted octanol–water partition coefficient (Wildman–Crippen LogP) is 4.79. The lowest BCUT2D eigenvalue weighted by atomic mass is 9.92. The summed E-state index contributed by atoms with van der Waals surface area (Å²) < 4.78 is 0. The van der Waals surface area contributed by atoms with Gasteiger partial charge in [-0.25, -0.2) is 0 Å². The lowest BCUT2D eigenvalue weighted by Crippen LogP contribution is -2.34. The number of amides is 1. The van der Waals surface area contributed by atoms with E-state index in [1.54, 1.807) is 0 Å². The summed E-state index contributed by atoms with van der Waals surface area (Å²) in [5.41, 5.74) is 8.83. The van der Waals surface area contributed by atoms with Gasteiger partial charge in [0.15, 0.2) is 0 Å². The molecule has 0 aliphatic heterocycles. The minimum Gasteiger partial charge on any atom is -0.369 e. The van der Waals surface area contributed by atoms with Crippen molar-refractivity contribution >= 4 is 17.5 Å². The molecule has 1 aliphatic carbocycles. The number of carbonyl (C=O) groups is 1. The van der Waals surface area contributed by atoms with E-state index in [1.165, 1.54) is 11.1 Å². The number of nitrogens with zero attached hydrogens (tertiary/aromatic N) is 1. The minimum atomic E-state index is -0.545. The van der Waals surface area contributed by atoms with Crippen molar-refractivity contribution in [3.63, 3.8) is 0 Å². The van der Waals surface area contributed by atoms with Gasteiger partial charge in [-0.3, -0.25) is 9.69 Å². The summed E-state index contributed by atoms with van der Waals surface area (Å²) in [6, 6.07) is 28.4. The first-order chi connectivity index (χ1) is 14.1. The van der Waals surface area contributed by atoms with E-state index in [9.17, 15) is 4.79 Å². The van der Waals surface area contributed by atoms with Crippen molar-refractivity contribution in [1.82, 2.24) is 4.90 Å². The zero-order valence-electron chi connectivity index (χ0n) is 16.3. The summed E-state index contributed by atoms with van der Waals surface area (Å²) in [5, 5.41) is 0.738. The maximum Gasteiger partial charge on any atom is 0.228 e. The average Bonchev–Trinajstić information content (AvgIpc) is 3.46. The Morgan fingerprint density at radius 1 is 0.897 bits per heavy atom. The van der Waals surface area contributed by atoms with E-state index in [1.807, 2.05) is 48.5 Å². The molecule has 1 aliphatic rings. The molecule has 3 nitrogen and oxygen atoms in total. The molecule has 0 heterocycles. The van der Waals surface area contributed by atoms with Crippen LogP contribution < -0.4 is 5.73 Å². The Hall–Kier alpha value is -2.62. The number of rotatable bonds is 8. The maximum atomic E-state index is 12.4. The van der Waals surface area contributed by atoms with E-state index < -0.39 is 5.41 Å². The Labute approximate surface area is 177 Å². The van der Waals surface area contributed by atoms with Crippen LogP contribution in [0.4, 0.5) is 0 Å². The number of nitrogens with two attached hydrogens (primary N) is 1. The number of carbonyl (C=O) groups excluding carboxylic acids is 1. The van der Waals surface area contributed by atoms with Crippen LogP contribution in [-0.4, -0.2) is 17.4 Å². The number of primary amides is 1. The molecule has 1 saturated carbocycles. The van der Waals surface area contributed by atoms with Gasteiger partial charge in [-0.1, -0.05) is 84.4 Å². The molecule has 2 atom stereocenters. The first-order valence-corrected chi connectivity index (χ1v) is 10.3. The fraction of sp³-hybridized carbons (Fsp3) is 0.240. The molecule has 148 valence electrons. The first kappa shape index (κ1) is 19.7. The third-order valence-electron chi connectivity index (χ3n) is 5.88. The van der Waals surface area contributed by atoms with Crippen LogP contribution in [0.2, 0.25) is 5.02 Å². The normalized spacial score (nSPS) is 20.6. The van der Waals surface area contributed by atoms with Crippen LogP contribution >= 0.6 is 11.6 Å². The zero-order valence-corrected chi connectivity index (χ0v) is 17.1. The predicted molar refractivity (Wildman–Crippen MR) is 117 cm³/mol. The molecular formula is C25H25ClN2O. The summed E-state index contributed by atoms with van der Waals surface area (Å²) in [5.74, 6) is -0.00161. The fourth-order valence-electron chi connectivity index (χ4n) is 4.27. The number of halogens is 1. The molecule has 0 spiro atoms. The van der Waals surface area contributed by atoms with E-state index in [4.69, 9.17) is 17.3 Å². The SMILES string of the molecule is NC(=O)[C@]1(c2ccccc2)C[C@@H]1CN(Cc1ccccc1)Cc1ccc(Cl)cc1. The molecule has 4 heteroatoms. The van der Waals surface area contributed by atoms with Gasteiger partial charge >= 0.3 is 0 Å². The van der Waals surface area contributed by atoms with Gasteiger partial charge in [-0.05, 0) is 41.2 Å². The first-order valence-electron chi connectivity index (χ1n) is 9.94. The van der Waals surface area contributed by atoms with Gasteiger partial charge in [-0.2, -0.15) is 0 Å². The molecule has 2 N–H and O–H groups in total. The van der Waals surface area contributed by atoms with Gasteiger partial charge in [-0.15, -0.1) is 0 Å². The molecule has 3 aromatic carbocycles. The highest BCUT2D eigenvalue weighted by molar-refractivity contribution is 6.30. The molecule has 29 heavy (non-hydrogen) atoms. The molecule has 0 aromatic heterocycles. The zero-order chi connectivity index (χ0) is 20.3. The van der Waals surface area contributed by atoms with Crippen LogP contribution in [-0.2, 0) is 23.3 Å². The molecule has 0 bridgehead atoms. The Kier molecular flexibility index (Phi) is 5.70. The lowest BCUT2D eigenvalue weighted by Gasteiger charge is -2.24. The molecule has 4 rings (SSSR count). The Balaban J connectivity index is 1.55. The highest BCUT2D eigenvalue weighted by Gasteiger charge is 2.60. The third-order valence-corrected chi connectivity index (χ3v) is 6.13. The Bertz CT molecular complexity index is 959. The van der Waals surface area contributed by atoms with Gasteiger partial charge in [0.25, 0.3) is 0 Å². The average molecular weight is 405 g/mol. The van der Waals surface area contributed by atoms with E-state index >= 15 is 0 Å². The monoisotopic (exact) mass is 404 g/mol. The van der Waals surface area contributed by atoms with Gasteiger partial charge in [0.2, 0.25) is 5.91 Å². The lowest BCUT2D eigenvalue weighted by molar-refractivity contribution is -0.120. The summed E-state index contributed by atoms with van der Waals surface area (Å²) in [4.78, 5) is 14.8. The van der Waals surface area contributed by atoms with Crippen molar-refractivity contribution in [1.29, 1.82) is 0 Å². The van der Waals surface area contributed by atoms with E-state index in [0.717, 1.165) is 36.6 Å². The van der Waals surface area contributed by atoms with Gasteiger partial charge in [0, 0.05) is 24.7 Å². The Morgan fingerprint density at radius 3 is 2.03 bits per heavy atom. The quantitative estimate of drug-likeness (QED) is 0.587. The van der Waals surface area contributed by atoms with E-state index in [-0.39, 0.29) is 11.8 Å². The topological polar surface area (TPSA) is 46.3 Å². The molecule has 3 aromatic rings. The smallest absolute Gasteiger partial charge is 0.228 e. The van der Waals surface area contributed by atoms with E-state index in [0.29, 0.717) is 0 Å². The standard InChI is InChI=1S/C25H25ClN2O/c26-23-13-11-20(12-14-23)17-28(16-19-7-3-1-4-8-19)18-22-15-25(22,24(27)29)21-9-5-2-6-10-21/h1-14,22H,15-18H2,(H2,27,29)/t22-,25+/m1/s1. The molecule has 0 saturated heterocycles. The molecule has 0 unspecified atom stereocenters. The van der Waals surface area contributed by atoms with Crippen LogP contribution in [0.3, 0.4) is 0 Å². The second kappa shape index (κ2) is 8.40. The second-order valence-corrected chi connectivity index (χ2v) is 8.32. The summed E-state index contributed by atoms with van der Waals surface area (Å²) in [6.45, 7) is 2.44. The van der Waals surface area contributed by atoms with Crippen LogP contribution in [0, 0.1) is 5.92 Å². The number of hydrogen-bond acceptors (Lipinski definition) is 2. The van der Waals surface area contributed by atoms with Crippen LogP contribution in [0.5, 0.6) is 0 Å². The van der Waals surface area contributed by atoms with Crippen molar-refractivity contribution in [2.24, 2.45) is 11.7 Å². The highest BCUT2D eigenvalue weighted by Crippen LogP contribution is 2.54. The maximum absolute atomic E-state index is 12.4. The summed E-state index contributed by atoms with van der Waals surface area (Å²) in [7, 11) is 0. The minimum absolute atomic E-state index is 0.221. The molecule has 1 fully saturated rings. The van der Waals surface area contributed by atoms with Crippen molar-refractivity contribution in [2.75, 3.05) is 6.54 Å². The largest absolute Gasteiger partial charge is 0.369 e. The van der Waals surface area contributed by atoms with Crippen LogP contribution in [0.1, 0.15) is 23.1 Å². The van der Waals surface area contributed by atoms with Crippen molar-refractivity contribution < 1.29 is 4.79 Å². The number of hydrogen-bond donors (Lipinski definition) is 1. The van der Waals surface area contributed by atoms with E-state index in [2.05, 4.69) is 41.3 Å². The Morgan fingerprint density at radius 2 is 1.45 bits per heavy atom. The van der Waals surface area contributed by atoms with Crippen LogP contribution in [0.25, 0.3) is 0 Å². The van der Waals surface area contributed by atoms with Crippen molar-refractivity contribution in [3.8, 4) is 0 Å². The summed E-state index contributed by atoms with van der Waals surface area (Å²) in [6.07, 6.45) is 0.804. The second-order valence-electron chi connectivity index (χ2n) is 7.88. The molecular weight excluding hydrogens is 380 g/mol. The fourth-order valence-corrected chi connectivity index (χ4v) is 4.40. The van der Waals surface area contributed by atoms with Crippen molar-refractivity contribution in [2.45, 2.75) is 24.9 Å². The molecule has 0 radical (unpaired) electrons. The van der Waals surface area contributed by atoms with Gasteiger partial charge in [0.05, 0.1) is 5.41 Å². The number of benzene rings is 3.